The van der Waals surface area contributed by atoms with Gasteiger partial charge in [0, 0.05) is 0 Å². The van der Waals surface area contributed by atoms with Crippen molar-refractivity contribution >= 4 is 0 Å². The molecule has 0 aromatic carbocycles. The third-order valence-electron chi connectivity index (χ3n) is 1.77. The van der Waals surface area contributed by atoms with E-state index in [1.807, 2.05) is 0 Å². The van der Waals surface area contributed by atoms with Crippen molar-refractivity contribution in [3.05, 3.63) is 23.3 Å². The summed E-state index contributed by atoms with van der Waals surface area (Å²) in [6.07, 6.45) is 6.73. The summed E-state index contributed by atoms with van der Waals surface area (Å²) < 4.78 is 0. The van der Waals surface area contributed by atoms with Crippen molar-refractivity contribution in [2.24, 2.45) is 0 Å². The van der Waals surface area contributed by atoms with Gasteiger partial charge in [-0.15, -0.1) is 0 Å². The molecule has 0 spiro atoms. The summed E-state index contributed by atoms with van der Waals surface area (Å²) in [5.74, 6) is 0. The van der Waals surface area contributed by atoms with Crippen molar-refractivity contribution in [2.45, 2.75) is 40.5 Å². The number of hydrogen-bond donors (Lipinski definition) is 0. The van der Waals surface area contributed by atoms with E-state index in [0.717, 1.165) is 12.8 Å². The van der Waals surface area contributed by atoms with Crippen LogP contribution in [-0.4, -0.2) is 0 Å². The van der Waals surface area contributed by atoms with E-state index in [9.17, 15) is 0 Å². The third kappa shape index (κ3) is 4.37. The fraction of sp³-hybridized carbons (Fsp3) is 0.600. The maximum absolute atomic E-state index is 2.21. The average Bonchev–Trinajstić information content (AvgIpc) is 1.99. The van der Waals surface area contributed by atoms with Crippen LogP contribution in [0.4, 0.5) is 0 Å². The normalized spacial score (nSPS) is 14.0. The molecule has 0 nitrogen and oxygen atoms in total. The molecule has 0 aliphatic rings. The molecular weight excluding hydrogens is 120 g/mol. The van der Waals surface area contributed by atoms with Crippen molar-refractivity contribution < 1.29 is 0 Å². The van der Waals surface area contributed by atoms with Crippen molar-refractivity contribution in [2.75, 3.05) is 0 Å². The van der Waals surface area contributed by atoms with Gasteiger partial charge < -0.3 is 0 Å². The molecule has 0 unspecified atom stereocenters. The highest BCUT2D eigenvalue weighted by atomic mass is 13.9. The predicted octanol–water partition coefficient (Wildman–Crippen LogP) is 3.70. The molecule has 0 aromatic rings. The molecule has 0 rings (SSSR count). The summed E-state index contributed by atoms with van der Waals surface area (Å²) in [7, 11) is 0. The molecule has 10 heavy (non-hydrogen) atoms. The summed E-state index contributed by atoms with van der Waals surface area (Å²) in [5.41, 5.74) is 2.90. The molecule has 0 bridgehead atoms. The second-order valence-electron chi connectivity index (χ2n) is 2.73. The Bertz CT molecular complexity index is 120. The van der Waals surface area contributed by atoms with E-state index in [0.29, 0.717) is 0 Å². The van der Waals surface area contributed by atoms with Gasteiger partial charge >= 0.3 is 0 Å². The van der Waals surface area contributed by atoms with E-state index in [-0.39, 0.29) is 0 Å². The molecule has 0 aliphatic carbocycles. The molecule has 0 saturated carbocycles. The van der Waals surface area contributed by atoms with Crippen LogP contribution in [0.25, 0.3) is 0 Å². The van der Waals surface area contributed by atoms with Gasteiger partial charge in [0.05, 0.1) is 0 Å². The van der Waals surface area contributed by atoms with Crippen molar-refractivity contribution in [3.8, 4) is 0 Å². The van der Waals surface area contributed by atoms with Gasteiger partial charge in [0.15, 0.2) is 0 Å². The first-order chi connectivity index (χ1) is 4.70. The standard InChI is InChI=1S/C10H18/c1-5-9(3)7-8-10(4)6-2/h7-8H,5-6H2,1-4H3/b9-7+,10-8+. The van der Waals surface area contributed by atoms with Gasteiger partial charge in [-0.1, -0.05) is 37.1 Å². The monoisotopic (exact) mass is 138 g/mol. The minimum atomic E-state index is 1.16. The lowest BCUT2D eigenvalue weighted by Crippen LogP contribution is -1.71. The molecule has 0 amide bonds. The molecule has 0 aliphatic heterocycles. The van der Waals surface area contributed by atoms with E-state index in [2.05, 4.69) is 39.8 Å². The van der Waals surface area contributed by atoms with E-state index in [1.165, 1.54) is 11.1 Å². The van der Waals surface area contributed by atoms with Crippen LogP contribution in [0.15, 0.2) is 23.3 Å². The molecule has 0 heteroatoms. The van der Waals surface area contributed by atoms with Crippen LogP contribution < -0.4 is 0 Å². The van der Waals surface area contributed by atoms with E-state index in [4.69, 9.17) is 0 Å². The van der Waals surface area contributed by atoms with Crippen molar-refractivity contribution in [3.63, 3.8) is 0 Å². The highest BCUT2D eigenvalue weighted by Gasteiger charge is 1.81. The molecule has 0 fully saturated rings. The highest BCUT2D eigenvalue weighted by molar-refractivity contribution is 5.14. The zero-order valence-corrected chi connectivity index (χ0v) is 7.57. The van der Waals surface area contributed by atoms with Gasteiger partial charge in [-0.3, -0.25) is 0 Å². The summed E-state index contributed by atoms with van der Waals surface area (Å²) in [4.78, 5) is 0. The molecule has 0 radical (unpaired) electrons. The number of rotatable bonds is 3. The quantitative estimate of drug-likeness (QED) is 0.522. The Balaban J connectivity index is 3.91. The van der Waals surface area contributed by atoms with Crippen LogP contribution in [0.3, 0.4) is 0 Å². The summed E-state index contributed by atoms with van der Waals surface area (Å²) in [5, 5.41) is 0. The van der Waals surface area contributed by atoms with E-state index in [1.54, 1.807) is 0 Å². The molecule has 0 saturated heterocycles. The Morgan fingerprint density at radius 1 is 0.900 bits per heavy atom. The Labute approximate surface area is 64.6 Å². The molecule has 0 atom stereocenters. The van der Waals surface area contributed by atoms with Crippen LogP contribution in [0.1, 0.15) is 40.5 Å². The lowest BCUT2D eigenvalue weighted by Gasteiger charge is -1.92. The third-order valence-corrected chi connectivity index (χ3v) is 1.77. The van der Waals surface area contributed by atoms with Crippen LogP contribution in [0, 0.1) is 0 Å². The van der Waals surface area contributed by atoms with Crippen LogP contribution >= 0.6 is 0 Å². The number of hydrogen-bond acceptors (Lipinski definition) is 0. The van der Waals surface area contributed by atoms with Crippen LogP contribution in [0.5, 0.6) is 0 Å². The van der Waals surface area contributed by atoms with Gasteiger partial charge in [-0.25, -0.2) is 0 Å². The van der Waals surface area contributed by atoms with Crippen LogP contribution in [0.2, 0.25) is 0 Å². The average molecular weight is 138 g/mol. The summed E-state index contributed by atoms with van der Waals surface area (Å²) >= 11 is 0. The van der Waals surface area contributed by atoms with Crippen LogP contribution in [-0.2, 0) is 0 Å². The molecular formula is C10H18. The Kier molecular flexibility index (Phi) is 5.00. The second-order valence-corrected chi connectivity index (χ2v) is 2.73. The van der Waals surface area contributed by atoms with Crippen molar-refractivity contribution in [1.29, 1.82) is 0 Å². The lowest BCUT2D eigenvalue weighted by atomic mass is 10.1. The second kappa shape index (κ2) is 5.28. The topological polar surface area (TPSA) is 0 Å². The van der Waals surface area contributed by atoms with Crippen molar-refractivity contribution in [1.82, 2.24) is 0 Å². The largest absolute Gasteiger partial charge is 0.0736 e. The van der Waals surface area contributed by atoms with Gasteiger partial charge in [-0.05, 0) is 26.7 Å². The summed E-state index contributed by atoms with van der Waals surface area (Å²) in [6.45, 7) is 8.70. The van der Waals surface area contributed by atoms with Gasteiger partial charge in [0.1, 0.15) is 0 Å². The first kappa shape index (κ1) is 9.48. The van der Waals surface area contributed by atoms with E-state index < -0.39 is 0 Å². The first-order valence-electron chi connectivity index (χ1n) is 4.03. The fourth-order valence-corrected chi connectivity index (χ4v) is 0.520. The Morgan fingerprint density at radius 2 is 1.20 bits per heavy atom. The first-order valence-corrected chi connectivity index (χ1v) is 4.03. The van der Waals surface area contributed by atoms with Gasteiger partial charge in [0.25, 0.3) is 0 Å². The number of allylic oxidation sites excluding steroid dienone is 4. The zero-order chi connectivity index (χ0) is 7.98. The predicted molar refractivity (Wildman–Crippen MR) is 48.1 cm³/mol. The minimum absolute atomic E-state index is 1.16. The molecule has 0 N–H and O–H groups in total. The maximum Gasteiger partial charge on any atom is -0.0349 e. The van der Waals surface area contributed by atoms with Gasteiger partial charge in [-0.2, -0.15) is 0 Å². The SMILES string of the molecule is CC/C(C)=C/C=C(\C)CC. The molecule has 0 heterocycles. The molecule has 58 valence electrons. The fourth-order valence-electron chi connectivity index (χ4n) is 0.520. The van der Waals surface area contributed by atoms with E-state index >= 15 is 0 Å². The highest BCUT2D eigenvalue weighted by Crippen LogP contribution is 2.02. The Morgan fingerprint density at radius 3 is 1.40 bits per heavy atom. The Hall–Kier alpha value is -0.520. The zero-order valence-electron chi connectivity index (χ0n) is 7.57. The summed E-state index contributed by atoms with van der Waals surface area (Å²) in [6, 6.07) is 0. The smallest absolute Gasteiger partial charge is 0.0349 e. The molecule has 0 aromatic heterocycles. The van der Waals surface area contributed by atoms with Gasteiger partial charge in [0.2, 0.25) is 0 Å². The minimum Gasteiger partial charge on any atom is -0.0736 e. The lowest BCUT2D eigenvalue weighted by molar-refractivity contribution is 1.08. The maximum atomic E-state index is 2.21.